The highest BCUT2D eigenvalue weighted by molar-refractivity contribution is 6.09. The van der Waals surface area contributed by atoms with E-state index in [1.165, 1.54) is 43.7 Å². The van der Waals surface area contributed by atoms with Gasteiger partial charge in [0.15, 0.2) is 0 Å². The number of para-hydroxylation sites is 2. The molecule has 0 unspecified atom stereocenters. The van der Waals surface area contributed by atoms with E-state index in [0.29, 0.717) is 0 Å². The van der Waals surface area contributed by atoms with Crippen LogP contribution in [0.15, 0.2) is 181 Å². The Balaban J connectivity index is 1.10. The van der Waals surface area contributed by atoms with Crippen molar-refractivity contribution >= 4 is 61.8 Å². The van der Waals surface area contributed by atoms with E-state index in [4.69, 9.17) is 0 Å². The minimum atomic E-state index is 0.907. The number of rotatable bonds is 6. The van der Waals surface area contributed by atoms with Crippen molar-refractivity contribution in [1.82, 2.24) is 4.57 Å². The third-order valence-corrected chi connectivity index (χ3v) is 10.1. The average Bonchev–Trinajstić information content (AvgIpc) is 3.56. The Morgan fingerprint density at radius 3 is 1.88 bits per heavy atom. The van der Waals surface area contributed by atoms with Crippen molar-refractivity contribution in [3.63, 3.8) is 0 Å². The summed E-state index contributed by atoms with van der Waals surface area (Å²) in [7, 11) is 0. The number of benzene rings is 7. The molecule has 1 aliphatic rings. The van der Waals surface area contributed by atoms with Crippen LogP contribution in [0.2, 0.25) is 0 Å². The molecule has 9 aromatic rings. The van der Waals surface area contributed by atoms with Crippen molar-refractivity contribution in [3.8, 4) is 27.9 Å². The van der Waals surface area contributed by atoms with E-state index in [2.05, 4.69) is 203 Å². The van der Waals surface area contributed by atoms with E-state index in [1.54, 1.807) is 0 Å². The molecule has 240 valence electrons. The van der Waals surface area contributed by atoms with Crippen LogP contribution in [-0.4, -0.2) is 4.57 Å². The molecule has 0 spiro atoms. The maximum atomic E-state index is 3.54. The van der Waals surface area contributed by atoms with Gasteiger partial charge in [0.2, 0.25) is 0 Å². The normalized spacial score (nSPS) is 11.6. The molecule has 1 aliphatic carbocycles. The predicted octanol–water partition coefficient (Wildman–Crippen LogP) is 13.1. The van der Waals surface area contributed by atoms with Crippen LogP contribution in [0, 0.1) is 12.1 Å². The molecule has 0 radical (unpaired) electrons. The lowest BCUT2D eigenvalue weighted by molar-refractivity contribution is 1.17. The number of anilines is 3. The van der Waals surface area contributed by atoms with Gasteiger partial charge in [-0.05, 0) is 117 Å². The lowest BCUT2D eigenvalue weighted by Gasteiger charge is -2.25. The molecule has 2 heteroatoms. The summed E-state index contributed by atoms with van der Waals surface area (Å²) in [6, 6.07) is 67.8. The highest BCUT2D eigenvalue weighted by Crippen LogP contribution is 2.39. The second kappa shape index (κ2) is 12.3. The molecule has 0 N–H and O–H groups in total. The van der Waals surface area contributed by atoms with E-state index < -0.39 is 0 Å². The Hall–Kier alpha value is -7.26. The summed E-state index contributed by atoms with van der Waals surface area (Å²) in [6.45, 7) is 0. The van der Waals surface area contributed by atoms with Gasteiger partial charge in [-0.25, -0.2) is 0 Å². The summed E-state index contributed by atoms with van der Waals surface area (Å²) in [5.74, 6) is 0. The zero-order chi connectivity index (χ0) is 34.4. The van der Waals surface area contributed by atoms with E-state index >= 15 is 0 Å². The molecule has 0 saturated carbocycles. The van der Waals surface area contributed by atoms with Crippen molar-refractivity contribution in [2.45, 2.75) is 0 Å². The Kier molecular flexibility index (Phi) is 6.99. The molecule has 1 heterocycles. The molecule has 8 aromatic carbocycles. The molecular formula is C50H30N2. The summed E-state index contributed by atoms with van der Waals surface area (Å²) < 4.78 is 2.36. The van der Waals surface area contributed by atoms with Crippen molar-refractivity contribution in [2.75, 3.05) is 4.90 Å². The average molecular weight is 659 g/mol. The van der Waals surface area contributed by atoms with Gasteiger partial charge in [0.05, 0.1) is 16.7 Å². The van der Waals surface area contributed by atoms with Crippen molar-refractivity contribution in [1.29, 1.82) is 0 Å². The summed E-state index contributed by atoms with van der Waals surface area (Å²) in [4.78, 5) is 2.27. The summed E-state index contributed by atoms with van der Waals surface area (Å²) in [5, 5.41) is 4.97. The predicted molar refractivity (Wildman–Crippen MR) is 217 cm³/mol. The third kappa shape index (κ3) is 5.02. The monoisotopic (exact) mass is 658 g/mol. The van der Waals surface area contributed by atoms with Gasteiger partial charge >= 0.3 is 0 Å². The first-order valence-electron chi connectivity index (χ1n) is 17.5. The zero-order valence-corrected chi connectivity index (χ0v) is 28.2. The van der Waals surface area contributed by atoms with Crippen LogP contribution in [0.25, 0.3) is 72.7 Å². The molecule has 0 saturated heterocycles. The Morgan fingerprint density at radius 1 is 0.442 bits per heavy atom. The van der Waals surface area contributed by atoms with Gasteiger partial charge in [-0.2, -0.15) is 0 Å². The maximum Gasteiger partial charge on any atom is 0.0974 e. The maximum absolute atomic E-state index is 3.54. The molecule has 1 aromatic heterocycles. The largest absolute Gasteiger partial charge is 0.309 e. The second-order valence-corrected chi connectivity index (χ2v) is 13.1. The lowest BCUT2D eigenvalue weighted by atomic mass is 9.98. The van der Waals surface area contributed by atoms with Gasteiger partial charge in [-0.15, -0.1) is 0 Å². The first-order valence-corrected chi connectivity index (χ1v) is 17.5. The van der Waals surface area contributed by atoms with Crippen LogP contribution in [0.3, 0.4) is 0 Å². The van der Waals surface area contributed by atoms with Crippen molar-refractivity contribution < 1.29 is 0 Å². The van der Waals surface area contributed by atoms with Gasteiger partial charge in [-0.3, -0.25) is 0 Å². The summed E-state index contributed by atoms with van der Waals surface area (Å²) >= 11 is 0. The third-order valence-electron chi connectivity index (χ3n) is 10.1. The standard InChI is InChI=1S/C50H30N2/c1-2-13-39-33-40(24-23-35(39)11-1)36-25-29-41(30-26-36)51(42-31-27-38(28-32-42)46-20-9-14-37-12-3-4-17-45(37)46)43-15-10-16-44(34-43)52-49-21-7-5-18-47(49)48-19-6-8-22-50(48)52/h3-25,27-29,31-34H. The van der Waals surface area contributed by atoms with Crippen LogP contribution in [-0.2, 0) is 0 Å². The van der Waals surface area contributed by atoms with E-state index in [-0.39, 0.29) is 0 Å². The minimum Gasteiger partial charge on any atom is -0.309 e. The fourth-order valence-electron chi connectivity index (χ4n) is 7.58. The molecule has 0 bridgehead atoms. The summed E-state index contributed by atoms with van der Waals surface area (Å²) in [5.41, 5.74) is 19.3. The first-order chi connectivity index (χ1) is 25.8. The van der Waals surface area contributed by atoms with Gasteiger partial charge < -0.3 is 9.47 Å². The van der Waals surface area contributed by atoms with E-state index in [0.717, 1.165) is 45.0 Å². The van der Waals surface area contributed by atoms with Crippen LogP contribution in [0.4, 0.5) is 17.1 Å². The van der Waals surface area contributed by atoms with Crippen LogP contribution >= 0.6 is 0 Å². The highest BCUT2D eigenvalue weighted by Gasteiger charge is 2.17. The van der Waals surface area contributed by atoms with Crippen LogP contribution in [0.1, 0.15) is 11.1 Å². The quantitative estimate of drug-likeness (QED) is 0.161. The first kappa shape index (κ1) is 29.6. The topological polar surface area (TPSA) is 8.17 Å². The highest BCUT2D eigenvalue weighted by atomic mass is 15.1. The fraction of sp³-hybridized carbons (Fsp3) is 0. The number of hydrogen-bond acceptors (Lipinski definition) is 1. The van der Waals surface area contributed by atoms with Gasteiger partial charge in [0, 0.05) is 33.4 Å². The Morgan fingerprint density at radius 2 is 1.12 bits per heavy atom. The molecule has 2 nitrogen and oxygen atoms in total. The van der Waals surface area contributed by atoms with E-state index in [1.807, 2.05) is 12.2 Å². The van der Waals surface area contributed by atoms with Crippen molar-refractivity contribution in [2.24, 2.45) is 0 Å². The van der Waals surface area contributed by atoms with E-state index in [9.17, 15) is 0 Å². The Bertz CT molecular complexity index is 2850. The van der Waals surface area contributed by atoms with Crippen LogP contribution < -0.4 is 4.90 Å². The molecule has 10 rings (SSSR count). The zero-order valence-electron chi connectivity index (χ0n) is 28.2. The molecule has 0 fully saturated rings. The SMILES string of the molecule is C1=C=Cc2cc(-c3c#cc(N(c4ccc(-c5cccc6ccccc56)cc4)c4cccc(-n5c6ccccc6c6ccccc65)c4)cc3)ccc2C=1. The summed E-state index contributed by atoms with van der Waals surface area (Å²) in [6.07, 6.45) is 3.94. The smallest absolute Gasteiger partial charge is 0.0974 e. The number of aromatic nitrogens is 1. The van der Waals surface area contributed by atoms with Gasteiger partial charge in [0.1, 0.15) is 0 Å². The molecular weight excluding hydrogens is 629 g/mol. The lowest BCUT2D eigenvalue weighted by Crippen LogP contribution is -2.10. The minimum absolute atomic E-state index is 0.907. The van der Waals surface area contributed by atoms with Gasteiger partial charge in [-0.1, -0.05) is 127 Å². The number of hydrogen-bond donors (Lipinski definition) is 0. The van der Waals surface area contributed by atoms with Crippen LogP contribution in [0.5, 0.6) is 0 Å². The molecule has 0 aliphatic heterocycles. The molecule has 0 atom stereocenters. The number of fused-ring (bicyclic) bond motifs is 5. The Labute approximate surface area is 302 Å². The van der Waals surface area contributed by atoms with Crippen molar-refractivity contribution in [3.05, 3.63) is 205 Å². The molecule has 0 amide bonds. The fourth-order valence-corrected chi connectivity index (χ4v) is 7.58. The second-order valence-electron chi connectivity index (χ2n) is 13.1. The number of nitrogens with zero attached hydrogens (tertiary/aromatic N) is 2. The molecule has 52 heavy (non-hydrogen) atoms. The van der Waals surface area contributed by atoms with Gasteiger partial charge in [0.25, 0.3) is 0 Å².